The Morgan fingerprint density at radius 1 is 1.00 bits per heavy atom. The predicted molar refractivity (Wildman–Crippen MR) is 116 cm³/mol. The highest BCUT2D eigenvalue weighted by Gasteiger charge is 2.09. The summed E-state index contributed by atoms with van der Waals surface area (Å²) in [5.74, 6) is 0.398. The quantitative estimate of drug-likeness (QED) is 0.344. The summed E-state index contributed by atoms with van der Waals surface area (Å²) < 4.78 is 20.7. The molecule has 0 unspecified atom stereocenters. The number of hydrogen-bond acceptors (Lipinski definition) is 2. The second-order valence-corrected chi connectivity index (χ2v) is 7.99. The van der Waals surface area contributed by atoms with Gasteiger partial charge in [-0.25, -0.2) is 4.39 Å². The Kier molecular flexibility index (Phi) is 6.45. The molecule has 0 atom stereocenters. The van der Waals surface area contributed by atoms with Gasteiger partial charge < -0.3 is 4.74 Å². The van der Waals surface area contributed by atoms with Crippen LogP contribution >= 0.6 is 31.9 Å². The van der Waals surface area contributed by atoms with Crippen molar-refractivity contribution in [3.05, 3.63) is 91.6 Å². The van der Waals surface area contributed by atoms with Crippen LogP contribution in [-0.2, 0) is 6.61 Å². The Morgan fingerprint density at radius 2 is 1.74 bits per heavy atom. The van der Waals surface area contributed by atoms with Crippen molar-refractivity contribution in [1.29, 1.82) is 0 Å². The third-order valence-electron chi connectivity index (χ3n) is 4.00. The Balaban J connectivity index is 1.77. The molecule has 0 saturated heterocycles. The lowest BCUT2D eigenvalue weighted by Crippen LogP contribution is -1.98. The van der Waals surface area contributed by atoms with Crippen LogP contribution in [0.1, 0.15) is 22.3 Å². The molecule has 3 aromatic rings. The van der Waals surface area contributed by atoms with Gasteiger partial charge in [0.2, 0.25) is 0 Å². The summed E-state index contributed by atoms with van der Waals surface area (Å²) in [6.07, 6.45) is 1.82. The zero-order valence-corrected chi connectivity index (χ0v) is 18.1. The van der Waals surface area contributed by atoms with E-state index in [1.165, 1.54) is 17.7 Å². The first-order valence-electron chi connectivity index (χ1n) is 8.40. The van der Waals surface area contributed by atoms with Crippen LogP contribution in [0.5, 0.6) is 5.75 Å². The van der Waals surface area contributed by atoms with Crippen molar-refractivity contribution < 1.29 is 9.13 Å². The highest BCUT2D eigenvalue weighted by molar-refractivity contribution is 9.11. The van der Waals surface area contributed by atoms with Crippen LogP contribution in [0.2, 0.25) is 0 Å². The number of hydrogen-bond donors (Lipinski definition) is 0. The summed E-state index contributed by atoms with van der Waals surface area (Å²) in [6.45, 7) is 4.40. The first kappa shape index (κ1) is 19.8. The number of nitrogens with zero attached hydrogens (tertiary/aromatic N) is 1. The lowest BCUT2D eigenvalue weighted by atomic mass is 10.1. The van der Waals surface area contributed by atoms with Crippen LogP contribution in [-0.4, -0.2) is 6.21 Å². The number of rotatable bonds is 5. The van der Waals surface area contributed by atoms with Gasteiger partial charge in [-0.1, -0.05) is 29.8 Å². The van der Waals surface area contributed by atoms with E-state index in [0.717, 1.165) is 31.3 Å². The molecule has 27 heavy (non-hydrogen) atoms. The Bertz CT molecular complexity index is 978. The van der Waals surface area contributed by atoms with E-state index in [-0.39, 0.29) is 12.4 Å². The van der Waals surface area contributed by atoms with Gasteiger partial charge in [-0.2, -0.15) is 0 Å². The molecule has 138 valence electrons. The molecule has 0 N–H and O–H groups in total. The van der Waals surface area contributed by atoms with Crippen LogP contribution in [0, 0.1) is 19.7 Å². The van der Waals surface area contributed by atoms with Gasteiger partial charge in [-0.05, 0) is 92.7 Å². The maximum Gasteiger partial charge on any atom is 0.148 e. The number of ether oxygens (including phenoxy) is 1. The Hall–Kier alpha value is -1.98. The largest absolute Gasteiger partial charge is 0.487 e. The molecule has 0 radical (unpaired) electrons. The fourth-order valence-corrected chi connectivity index (χ4v) is 4.12. The minimum absolute atomic E-state index is 0.271. The molecule has 0 aliphatic rings. The van der Waals surface area contributed by atoms with E-state index in [0.29, 0.717) is 5.75 Å². The summed E-state index contributed by atoms with van der Waals surface area (Å²) in [5, 5.41) is 0. The molecule has 0 amide bonds. The summed E-state index contributed by atoms with van der Waals surface area (Å²) in [4.78, 5) is 4.58. The first-order valence-corrected chi connectivity index (χ1v) is 9.98. The average Bonchev–Trinajstić information content (AvgIpc) is 2.60. The molecule has 0 bridgehead atoms. The van der Waals surface area contributed by atoms with E-state index >= 15 is 0 Å². The van der Waals surface area contributed by atoms with Gasteiger partial charge in [0.1, 0.15) is 18.2 Å². The number of benzene rings is 3. The maximum absolute atomic E-state index is 13.3. The van der Waals surface area contributed by atoms with Gasteiger partial charge in [0.25, 0.3) is 0 Å². The van der Waals surface area contributed by atoms with Gasteiger partial charge in [-0.3, -0.25) is 4.99 Å². The average molecular weight is 491 g/mol. The van der Waals surface area contributed by atoms with Crippen molar-refractivity contribution in [2.45, 2.75) is 20.5 Å². The molecule has 0 heterocycles. The van der Waals surface area contributed by atoms with Gasteiger partial charge in [0.05, 0.1) is 14.6 Å². The third-order valence-corrected chi connectivity index (χ3v) is 5.18. The molecule has 0 spiro atoms. The molecule has 0 saturated carbocycles. The minimum Gasteiger partial charge on any atom is -0.487 e. The van der Waals surface area contributed by atoms with Gasteiger partial charge in [-0.15, -0.1) is 0 Å². The van der Waals surface area contributed by atoms with E-state index < -0.39 is 0 Å². The van der Waals surface area contributed by atoms with E-state index in [1.54, 1.807) is 6.07 Å². The van der Waals surface area contributed by atoms with Crippen LogP contribution in [0.15, 0.2) is 68.5 Å². The first-order chi connectivity index (χ1) is 12.9. The van der Waals surface area contributed by atoms with Crippen molar-refractivity contribution in [2.24, 2.45) is 4.99 Å². The number of aliphatic imine (C=N–C) groups is 1. The monoisotopic (exact) mass is 489 g/mol. The van der Waals surface area contributed by atoms with Crippen LogP contribution in [0.3, 0.4) is 0 Å². The Morgan fingerprint density at radius 3 is 2.41 bits per heavy atom. The SMILES string of the molecule is Cc1ccc(N=Cc2cc(Br)c(OCc3cccc(F)c3)c(Br)c2)c(C)c1. The molecule has 3 rings (SSSR count). The fourth-order valence-electron chi connectivity index (χ4n) is 2.67. The molecule has 0 aliphatic heterocycles. The minimum atomic E-state index is -0.271. The molecule has 2 nitrogen and oxygen atoms in total. The van der Waals surface area contributed by atoms with Gasteiger partial charge in [0.15, 0.2) is 0 Å². The zero-order chi connectivity index (χ0) is 19.4. The maximum atomic E-state index is 13.3. The molecular weight excluding hydrogens is 473 g/mol. The van der Waals surface area contributed by atoms with E-state index in [2.05, 4.69) is 62.8 Å². The standard InChI is InChI=1S/C22H18Br2FNO/c1-14-6-7-21(15(2)8-14)26-12-17-10-19(23)22(20(24)11-17)27-13-16-4-3-5-18(25)9-16/h3-12H,13H2,1-2H3. The lowest BCUT2D eigenvalue weighted by molar-refractivity contribution is 0.301. The summed E-state index contributed by atoms with van der Waals surface area (Å²) in [5.41, 5.74) is 5.01. The van der Waals surface area contributed by atoms with Crippen LogP contribution in [0.4, 0.5) is 10.1 Å². The van der Waals surface area contributed by atoms with Crippen molar-refractivity contribution in [3.63, 3.8) is 0 Å². The smallest absolute Gasteiger partial charge is 0.148 e. The van der Waals surface area contributed by atoms with Crippen molar-refractivity contribution >= 4 is 43.8 Å². The van der Waals surface area contributed by atoms with Crippen molar-refractivity contribution in [1.82, 2.24) is 0 Å². The molecule has 0 aliphatic carbocycles. The van der Waals surface area contributed by atoms with Crippen molar-refractivity contribution in [3.8, 4) is 5.75 Å². The van der Waals surface area contributed by atoms with Crippen LogP contribution < -0.4 is 4.74 Å². The van der Waals surface area contributed by atoms with E-state index in [1.807, 2.05) is 30.5 Å². The van der Waals surface area contributed by atoms with E-state index in [9.17, 15) is 4.39 Å². The molecular formula is C22H18Br2FNO. The molecule has 0 aromatic heterocycles. The topological polar surface area (TPSA) is 21.6 Å². The fraction of sp³-hybridized carbons (Fsp3) is 0.136. The number of aryl methyl sites for hydroxylation is 2. The highest BCUT2D eigenvalue weighted by atomic mass is 79.9. The van der Waals surface area contributed by atoms with Crippen molar-refractivity contribution in [2.75, 3.05) is 0 Å². The highest BCUT2D eigenvalue weighted by Crippen LogP contribution is 2.35. The predicted octanol–water partition coefficient (Wildman–Crippen LogP) is 7.30. The number of halogens is 3. The molecule has 0 fully saturated rings. The van der Waals surface area contributed by atoms with Gasteiger partial charge in [0, 0.05) is 6.21 Å². The second-order valence-electron chi connectivity index (χ2n) is 6.28. The lowest BCUT2D eigenvalue weighted by Gasteiger charge is -2.11. The van der Waals surface area contributed by atoms with E-state index in [4.69, 9.17) is 4.74 Å². The second kappa shape index (κ2) is 8.81. The molecule has 3 aromatic carbocycles. The normalized spacial score (nSPS) is 11.1. The Labute approximate surface area is 175 Å². The third kappa shape index (κ3) is 5.27. The summed E-state index contributed by atoms with van der Waals surface area (Å²) >= 11 is 7.09. The summed E-state index contributed by atoms with van der Waals surface area (Å²) in [6, 6.07) is 16.4. The zero-order valence-electron chi connectivity index (χ0n) is 15.0. The van der Waals surface area contributed by atoms with Crippen LogP contribution in [0.25, 0.3) is 0 Å². The molecule has 5 heteroatoms. The van der Waals surface area contributed by atoms with Gasteiger partial charge >= 0.3 is 0 Å². The summed E-state index contributed by atoms with van der Waals surface area (Å²) in [7, 11) is 0.